The van der Waals surface area contributed by atoms with Crippen LogP contribution in [0.1, 0.15) is 24.8 Å². The van der Waals surface area contributed by atoms with Gasteiger partial charge < -0.3 is 9.80 Å². The number of amides is 1. The number of carbonyl (C=O) groups excluding carboxylic acids is 1. The fourth-order valence-electron chi connectivity index (χ4n) is 2.31. The molecular formula is C16H21ClN2O. The molecule has 1 aromatic rings. The van der Waals surface area contributed by atoms with Gasteiger partial charge in [-0.3, -0.25) is 4.79 Å². The monoisotopic (exact) mass is 292 g/mol. The maximum absolute atomic E-state index is 12.0. The van der Waals surface area contributed by atoms with Crippen LogP contribution in [0.3, 0.4) is 0 Å². The van der Waals surface area contributed by atoms with E-state index in [9.17, 15) is 4.79 Å². The van der Waals surface area contributed by atoms with Gasteiger partial charge in [-0.25, -0.2) is 0 Å². The van der Waals surface area contributed by atoms with Gasteiger partial charge in [0.2, 0.25) is 5.91 Å². The second-order valence-electron chi connectivity index (χ2n) is 5.32. The number of anilines is 1. The van der Waals surface area contributed by atoms with Crippen LogP contribution in [0, 0.1) is 0 Å². The molecule has 1 aliphatic heterocycles. The molecule has 20 heavy (non-hydrogen) atoms. The van der Waals surface area contributed by atoms with E-state index in [1.165, 1.54) is 6.42 Å². The van der Waals surface area contributed by atoms with Crippen molar-refractivity contribution in [2.45, 2.75) is 19.3 Å². The molecule has 1 fully saturated rings. The van der Waals surface area contributed by atoms with Gasteiger partial charge in [0.1, 0.15) is 0 Å². The molecule has 0 atom stereocenters. The Morgan fingerprint density at radius 1 is 1.25 bits per heavy atom. The summed E-state index contributed by atoms with van der Waals surface area (Å²) in [5, 5.41) is 0.666. The van der Waals surface area contributed by atoms with E-state index in [0.717, 1.165) is 37.2 Å². The number of hydrogen-bond acceptors (Lipinski definition) is 2. The van der Waals surface area contributed by atoms with Gasteiger partial charge in [0, 0.05) is 44.0 Å². The minimum atomic E-state index is 0.0810. The van der Waals surface area contributed by atoms with Crippen molar-refractivity contribution in [3.05, 3.63) is 34.9 Å². The lowest BCUT2D eigenvalue weighted by molar-refractivity contribution is -0.126. The predicted octanol–water partition coefficient (Wildman–Crippen LogP) is 3.43. The lowest BCUT2D eigenvalue weighted by Crippen LogP contribution is -2.34. The van der Waals surface area contributed by atoms with Gasteiger partial charge in [0.15, 0.2) is 0 Å². The van der Waals surface area contributed by atoms with E-state index in [2.05, 4.69) is 0 Å². The van der Waals surface area contributed by atoms with Gasteiger partial charge in [-0.15, -0.1) is 0 Å². The molecule has 0 spiro atoms. The fraction of sp³-hybridized carbons (Fsp3) is 0.438. The van der Waals surface area contributed by atoms with E-state index >= 15 is 0 Å². The zero-order valence-corrected chi connectivity index (χ0v) is 12.9. The highest BCUT2D eigenvalue weighted by molar-refractivity contribution is 6.32. The standard InChI is InChI=1S/C16H21ClN2O/c1-18(2)14-8-6-13(15(17)12-14)7-9-16(20)19-10-4-3-5-11-19/h6-9,12H,3-5,10-11H2,1-2H3. The average molecular weight is 293 g/mol. The van der Waals surface area contributed by atoms with Crippen molar-refractivity contribution in [3.8, 4) is 0 Å². The Labute approximate surface area is 125 Å². The van der Waals surface area contributed by atoms with Crippen molar-refractivity contribution in [1.82, 2.24) is 4.90 Å². The maximum atomic E-state index is 12.0. The summed E-state index contributed by atoms with van der Waals surface area (Å²) < 4.78 is 0. The van der Waals surface area contributed by atoms with Crippen LogP contribution in [0.5, 0.6) is 0 Å². The molecule has 1 amide bonds. The molecule has 0 aromatic heterocycles. The minimum Gasteiger partial charge on any atom is -0.378 e. The normalized spacial score (nSPS) is 15.7. The zero-order valence-electron chi connectivity index (χ0n) is 12.1. The molecule has 0 aliphatic carbocycles. The molecule has 0 unspecified atom stereocenters. The lowest BCUT2D eigenvalue weighted by Gasteiger charge is -2.25. The molecule has 108 valence electrons. The van der Waals surface area contributed by atoms with Crippen molar-refractivity contribution < 1.29 is 4.79 Å². The Morgan fingerprint density at radius 2 is 1.95 bits per heavy atom. The van der Waals surface area contributed by atoms with Gasteiger partial charge in [0.05, 0.1) is 0 Å². The van der Waals surface area contributed by atoms with Crippen molar-refractivity contribution in [1.29, 1.82) is 0 Å². The van der Waals surface area contributed by atoms with Gasteiger partial charge in [-0.1, -0.05) is 17.7 Å². The topological polar surface area (TPSA) is 23.6 Å². The van der Waals surface area contributed by atoms with Crippen molar-refractivity contribution >= 4 is 29.3 Å². The van der Waals surface area contributed by atoms with E-state index in [4.69, 9.17) is 11.6 Å². The summed E-state index contributed by atoms with van der Waals surface area (Å²) in [4.78, 5) is 15.9. The van der Waals surface area contributed by atoms with Crippen LogP contribution in [-0.4, -0.2) is 38.0 Å². The number of nitrogens with zero attached hydrogens (tertiary/aromatic N) is 2. The second-order valence-corrected chi connectivity index (χ2v) is 5.73. The maximum Gasteiger partial charge on any atom is 0.246 e. The van der Waals surface area contributed by atoms with Crippen LogP contribution in [0.25, 0.3) is 6.08 Å². The molecule has 3 nitrogen and oxygen atoms in total. The highest BCUT2D eigenvalue weighted by Crippen LogP contribution is 2.23. The first kappa shape index (κ1) is 14.9. The first-order valence-electron chi connectivity index (χ1n) is 7.02. The summed E-state index contributed by atoms with van der Waals surface area (Å²) in [6.07, 6.45) is 6.88. The van der Waals surface area contributed by atoms with Crippen LogP contribution in [0.4, 0.5) is 5.69 Å². The number of hydrogen-bond donors (Lipinski definition) is 0. The third kappa shape index (κ3) is 3.76. The highest BCUT2D eigenvalue weighted by Gasteiger charge is 2.13. The first-order chi connectivity index (χ1) is 9.58. The smallest absolute Gasteiger partial charge is 0.246 e. The number of likely N-dealkylation sites (tertiary alicyclic amines) is 1. The highest BCUT2D eigenvalue weighted by atomic mass is 35.5. The quantitative estimate of drug-likeness (QED) is 0.797. The molecule has 1 aromatic carbocycles. The molecule has 4 heteroatoms. The number of halogens is 1. The van der Waals surface area contributed by atoms with Gasteiger partial charge in [-0.2, -0.15) is 0 Å². The summed E-state index contributed by atoms with van der Waals surface area (Å²) in [7, 11) is 3.95. The Balaban J connectivity index is 2.05. The number of benzene rings is 1. The molecular weight excluding hydrogens is 272 g/mol. The van der Waals surface area contributed by atoms with E-state index in [0.29, 0.717) is 5.02 Å². The molecule has 0 bridgehead atoms. The van der Waals surface area contributed by atoms with Crippen LogP contribution >= 0.6 is 11.6 Å². The summed E-state index contributed by atoms with van der Waals surface area (Å²) in [6, 6.07) is 5.85. The largest absolute Gasteiger partial charge is 0.378 e. The van der Waals surface area contributed by atoms with Crippen LogP contribution in [-0.2, 0) is 4.79 Å². The molecule has 1 heterocycles. The molecule has 1 saturated heterocycles. The molecule has 1 aliphatic rings. The number of carbonyl (C=O) groups is 1. The molecule has 0 saturated carbocycles. The molecule has 0 radical (unpaired) electrons. The predicted molar refractivity (Wildman–Crippen MR) is 85.2 cm³/mol. The summed E-state index contributed by atoms with van der Waals surface area (Å²) in [5.41, 5.74) is 1.93. The average Bonchev–Trinajstić information content (AvgIpc) is 2.46. The Kier molecular flexibility index (Phi) is 5.07. The minimum absolute atomic E-state index is 0.0810. The third-order valence-electron chi connectivity index (χ3n) is 3.57. The fourth-order valence-corrected chi connectivity index (χ4v) is 2.55. The SMILES string of the molecule is CN(C)c1ccc(C=CC(=O)N2CCCCC2)c(Cl)c1. The van der Waals surface area contributed by atoms with Crippen LogP contribution < -0.4 is 4.90 Å². The second kappa shape index (κ2) is 6.80. The number of piperidine rings is 1. The van der Waals surface area contributed by atoms with E-state index in [1.54, 1.807) is 12.2 Å². The molecule has 2 rings (SSSR count). The Hall–Kier alpha value is -1.48. The van der Waals surface area contributed by atoms with E-state index in [-0.39, 0.29) is 5.91 Å². The zero-order chi connectivity index (χ0) is 14.5. The Bertz CT molecular complexity index is 505. The molecule has 0 N–H and O–H groups in total. The first-order valence-corrected chi connectivity index (χ1v) is 7.39. The van der Waals surface area contributed by atoms with Crippen molar-refractivity contribution in [3.63, 3.8) is 0 Å². The summed E-state index contributed by atoms with van der Waals surface area (Å²) >= 11 is 6.24. The summed E-state index contributed by atoms with van der Waals surface area (Å²) in [5.74, 6) is 0.0810. The summed E-state index contributed by atoms with van der Waals surface area (Å²) in [6.45, 7) is 1.74. The van der Waals surface area contributed by atoms with Gasteiger partial charge >= 0.3 is 0 Å². The van der Waals surface area contributed by atoms with Crippen molar-refractivity contribution in [2.75, 3.05) is 32.1 Å². The third-order valence-corrected chi connectivity index (χ3v) is 3.90. The van der Waals surface area contributed by atoms with E-state index < -0.39 is 0 Å². The Morgan fingerprint density at radius 3 is 2.55 bits per heavy atom. The van der Waals surface area contributed by atoms with Gasteiger partial charge in [-0.05, 0) is 43.0 Å². The number of rotatable bonds is 3. The lowest BCUT2D eigenvalue weighted by atomic mass is 10.1. The van der Waals surface area contributed by atoms with Crippen LogP contribution in [0.2, 0.25) is 5.02 Å². The van der Waals surface area contributed by atoms with Crippen LogP contribution in [0.15, 0.2) is 24.3 Å². The van der Waals surface area contributed by atoms with Crippen molar-refractivity contribution in [2.24, 2.45) is 0 Å². The van der Waals surface area contributed by atoms with Gasteiger partial charge in [0.25, 0.3) is 0 Å². The van der Waals surface area contributed by atoms with E-state index in [1.807, 2.05) is 42.1 Å².